The van der Waals surface area contributed by atoms with Crippen LogP contribution in [0.2, 0.25) is 0 Å². The number of benzene rings is 2. The van der Waals surface area contributed by atoms with E-state index in [2.05, 4.69) is 0 Å². The number of carbonyl (C=O) groups excluding carboxylic acids is 2. The number of aliphatic hydroxyl groups is 1. The summed E-state index contributed by atoms with van der Waals surface area (Å²) < 4.78 is 25.4. The fourth-order valence-electron chi connectivity index (χ4n) is 4.96. The maximum absolute atomic E-state index is 15.0. The number of ether oxygens (including phenoxy) is 2. The Morgan fingerprint density at radius 3 is 2.48 bits per heavy atom. The molecule has 8 nitrogen and oxygen atoms in total. The first-order valence-corrected chi connectivity index (χ1v) is 11.1. The summed E-state index contributed by atoms with van der Waals surface area (Å²) >= 11 is 0. The van der Waals surface area contributed by atoms with Crippen LogP contribution in [0, 0.1) is 17.7 Å². The molecular formula is C24H26FN3O5. The smallest absolute Gasteiger partial charge is 0.414 e. The van der Waals surface area contributed by atoms with Crippen molar-refractivity contribution in [2.75, 3.05) is 49.2 Å². The van der Waals surface area contributed by atoms with Crippen LogP contribution >= 0.6 is 0 Å². The first-order chi connectivity index (χ1) is 16.0. The topological polar surface area (TPSA) is 82.6 Å². The number of fused-ring (bicyclic) bond motifs is 1. The van der Waals surface area contributed by atoms with Crippen LogP contribution in [0.4, 0.5) is 25.4 Å². The van der Waals surface area contributed by atoms with Crippen LogP contribution in [-0.4, -0.2) is 67.6 Å². The van der Waals surface area contributed by atoms with Gasteiger partial charge in [0.2, 0.25) is 0 Å². The van der Waals surface area contributed by atoms with E-state index < -0.39 is 18.0 Å². The van der Waals surface area contributed by atoms with Gasteiger partial charge in [0.25, 0.3) is 0 Å². The average Bonchev–Trinajstić information content (AvgIpc) is 3.51. The summed E-state index contributed by atoms with van der Waals surface area (Å²) in [6.45, 7) is 2.55. The zero-order valence-electron chi connectivity index (χ0n) is 18.1. The van der Waals surface area contributed by atoms with Crippen LogP contribution in [0.25, 0.3) is 0 Å². The summed E-state index contributed by atoms with van der Waals surface area (Å²) in [4.78, 5) is 29.4. The molecule has 174 valence electrons. The number of amides is 2. The monoisotopic (exact) mass is 455 g/mol. The third-order valence-electron chi connectivity index (χ3n) is 6.67. The minimum atomic E-state index is -0.587. The molecule has 2 aromatic carbocycles. The molecule has 3 atom stereocenters. The van der Waals surface area contributed by atoms with E-state index in [0.29, 0.717) is 37.6 Å². The van der Waals surface area contributed by atoms with E-state index in [1.54, 1.807) is 17.0 Å². The highest BCUT2D eigenvalue weighted by Crippen LogP contribution is 2.36. The zero-order valence-corrected chi connectivity index (χ0v) is 18.1. The van der Waals surface area contributed by atoms with Crippen molar-refractivity contribution in [3.05, 3.63) is 59.9 Å². The van der Waals surface area contributed by atoms with E-state index in [1.807, 2.05) is 35.2 Å². The van der Waals surface area contributed by atoms with Crippen LogP contribution in [0.3, 0.4) is 0 Å². The molecule has 0 radical (unpaired) electrons. The zero-order chi connectivity index (χ0) is 22.9. The SMILES string of the molecule is O=C(OCc1ccccc1)N1C[C@@H]2CN(c3ccc(N4C(=O)OC[C@H]4CO)cc3F)C[C@@H]2C1. The summed E-state index contributed by atoms with van der Waals surface area (Å²) in [6, 6.07) is 13.7. The number of halogens is 1. The van der Waals surface area contributed by atoms with Crippen LogP contribution in [0.5, 0.6) is 0 Å². The van der Waals surface area contributed by atoms with Gasteiger partial charge in [0.15, 0.2) is 0 Å². The number of aliphatic hydroxyl groups excluding tert-OH is 1. The number of cyclic esters (lactones) is 1. The summed E-state index contributed by atoms with van der Waals surface area (Å²) in [5, 5.41) is 9.44. The van der Waals surface area contributed by atoms with Crippen LogP contribution in [-0.2, 0) is 16.1 Å². The fourth-order valence-corrected chi connectivity index (χ4v) is 4.96. The molecule has 3 fully saturated rings. The molecule has 33 heavy (non-hydrogen) atoms. The van der Waals surface area contributed by atoms with Crippen molar-refractivity contribution in [3.8, 4) is 0 Å². The van der Waals surface area contributed by atoms with Gasteiger partial charge >= 0.3 is 12.2 Å². The predicted octanol–water partition coefficient (Wildman–Crippen LogP) is 2.85. The average molecular weight is 455 g/mol. The Labute approximate surface area is 191 Å². The Morgan fingerprint density at radius 2 is 1.82 bits per heavy atom. The Hall–Kier alpha value is -3.33. The van der Waals surface area contributed by atoms with Gasteiger partial charge in [-0.3, -0.25) is 4.90 Å². The van der Waals surface area contributed by atoms with Gasteiger partial charge in [-0.1, -0.05) is 30.3 Å². The van der Waals surface area contributed by atoms with Crippen LogP contribution in [0.15, 0.2) is 48.5 Å². The highest BCUT2D eigenvalue weighted by molar-refractivity contribution is 5.90. The lowest BCUT2D eigenvalue weighted by Crippen LogP contribution is -2.36. The Kier molecular flexibility index (Phi) is 5.80. The first-order valence-electron chi connectivity index (χ1n) is 11.1. The van der Waals surface area contributed by atoms with E-state index in [9.17, 15) is 19.1 Å². The molecule has 1 N–H and O–H groups in total. The summed E-state index contributed by atoms with van der Waals surface area (Å²) in [7, 11) is 0. The van der Waals surface area contributed by atoms with Gasteiger partial charge in [-0.2, -0.15) is 0 Å². The van der Waals surface area contributed by atoms with E-state index in [-0.39, 0.29) is 37.7 Å². The van der Waals surface area contributed by atoms with Gasteiger partial charge < -0.3 is 24.4 Å². The number of rotatable bonds is 5. The standard InChI is InChI=1S/C24H26FN3O5/c25-21-8-19(28-20(13-29)15-33-24(28)31)6-7-22(21)26-9-17-11-27(12-18(17)10-26)23(30)32-14-16-4-2-1-3-5-16/h1-8,17-18,20,29H,9-15H2/t17-,18+,20-/m1/s1. The molecule has 9 heteroatoms. The van der Waals surface area contributed by atoms with E-state index >= 15 is 0 Å². The molecule has 3 aliphatic heterocycles. The largest absolute Gasteiger partial charge is 0.447 e. The fraction of sp³-hybridized carbons (Fsp3) is 0.417. The van der Waals surface area contributed by atoms with Gasteiger partial charge in [0, 0.05) is 38.0 Å². The molecular weight excluding hydrogens is 429 g/mol. The van der Waals surface area contributed by atoms with Gasteiger partial charge in [-0.05, 0) is 23.8 Å². The number of hydrogen-bond acceptors (Lipinski definition) is 6. The molecule has 2 aromatic rings. The minimum Gasteiger partial charge on any atom is -0.447 e. The first kappa shape index (κ1) is 21.5. The molecule has 3 saturated heterocycles. The molecule has 0 spiro atoms. The van der Waals surface area contributed by atoms with E-state index in [0.717, 1.165) is 5.56 Å². The van der Waals surface area contributed by atoms with Gasteiger partial charge in [0.1, 0.15) is 19.0 Å². The van der Waals surface area contributed by atoms with Crippen molar-refractivity contribution in [2.24, 2.45) is 11.8 Å². The lowest BCUT2D eigenvalue weighted by atomic mass is 10.0. The minimum absolute atomic E-state index is 0.0818. The number of hydrogen-bond donors (Lipinski definition) is 1. The second-order valence-electron chi connectivity index (χ2n) is 8.79. The number of nitrogens with zero attached hydrogens (tertiary/aromatic N) is 3. The van der Waals surface area contributed by atoms with Crippen molar-refractivity contribution in [1.82, 2.24) is 4.90 Å². The van der Waals surface area contributed by atoms with Crippen molar-refractivity contribution < 1.29 is 28.6 Å². The highest BCUT2D eigenvalue weighted by atomic mass is 19.1. The van der Waals surface area contributed by atoms with Gasteiger partial charge in [-0.25, -0.2) is 14.0 Å². The molecule has 0 bridgehead atoms. The quantitative estimate of drug-likeness (QED) is 0.747. The summed E-state index contributed by atoms with van der Waals surface area (Å²) in [5.74, 6) is 0.0735. The summed E-state index contributed by atoms with van der Waals surface area (Å²) in [6.07, 6.45) is -0.901. The van der Waals surface area contributed by atoms with E-state index in [4.69, 9.17) is 9.47 Å². The normalized spacial score (nSPS) is 24.2. The number of carbonyl (C=O) groups is 2. The molecule has 2 amide bonds. The molecule has 3 heterocycles. The molecule has 3 aliphatic rings. The second kappa shape index (κ2) is 8.90. The third-order valence-corrected chi connectivity index (χ3v) is 6.67. The molecule has 5 rings (SSSR count). The molecule has 0 aliphatic carbocycles. The van der Waals surface area contributed by atoms with Crippen molar-refractivity contribution in [2.45, 2.75) is 12.6 Å². The third kappa shape index (κ3) is 4.20. The highest BCUT2D eigenvalue weighted by Gasteiger charge is 2.43. The Bertz CT molecular complexity index is 1020. The van der Waals surface area contributed by atoms with Crippen LogP contribution in [0.1, 0.15) is 5.56 Å². The maximum atomic E-state index is 15.0. The molecule has 0 saturated carbocycles. The molecule has 0 unspecified atom stereocenters. The number of likely N-dealkylation sites (tertiary alicyclic amines) is 1. The van der Waals surface area contributed by atoms with Gasteiger partial charge in [-0.15, -0.1) is 0 Å². The number of anilines is 2. The Morgan fingerprint density at radius 1 is 1.09 bits per heavy atom. The summed E-state index contributed by atoms with van der Waals surface area (Å²) in [5.41, 5.74) is 1.78. The van der Waals surface area contributed by atoms with Gasteiger partial charge in [0.05, 0.1) is 24.0 Å². The maximum Gasteiger partial charge on any atom is 0.414 e. The second-order valence-corrected chi connectivity index (χ2v) is 8.79. The van der Waals surface area contributed by atoms with Crippen molar-refractivity contribution >= 4 is 23.6 Å². The van der Waals surface area contributed by atoms with Crippen LogP contribution < -0.4 is 9.80 Å². The van der Waals surface area contributed by atoms with Crippen molar-refractivity contribution in [3.63, 3.8) is 0 Å². The lowest BCUT2D eigenvalue weighted by molar-refractivity contribution is 0.102. The Balaban J connectivity index is 1.19. The van der Waals surface area contributed by atoms with E-state index in [1.165, 1.54) is 11.0 Å². The lowest BCUT2D eigenvalue weighted by Gasteiger charge is -2.25. The molecule has 0 aromatic heterocycles. The predicted molar refractivity (Wildman–Crippen MR) is 118 cm³/mol. The van der Waals surface area contributed by atoms with Crippen molar-refractivity contribution in [1.29, 1.82) is 0 Å².